The molecule has 2 rings (SSSR count). The van der Waals surface area contributed by atoms with Crippen LogP contribution in [0.15, 0.2) is 16.6 Å². The van der Waals surface area contributed by atoms with Crippen LogP contribution in [0.4, 0.5) is 0 Å². The molecule has 128 valence electrons. The molecule has 0 aromatic heterocycles. The zero-order valence-electron chi connectivity index (χ0n) is 13.2. The van der Waals surface area contributed by atoms with E-state index in [0.717, 1.165) is 12.0 Å². The van der Waals surface area contributed by atoms with Gasteiger partial charge in [0.05, 0.1) is 25.1 Å². The molecule has 1 aromatic rings. The molecule has 1 unspecified atom stereocenters. The summed E-state index contributed by atoms with van der Waals surface area (Å²) in [5.74, 6) is -3.06. The number of hydrogen-bond acceptors (Lipinski definition) is 6. The molecule has 1 aliphatic rings. The van der Waals surface area contributed by atoms with Gasteiger partial charge >= 0.3 is 5.97 Å². The van der Waals surface area contributed by atoms with Crippen molar-refractivity contribution in [2.75, 3.05) is 21.3 Å². The van der Waals surface area contributed by atoms with E-state index in [2.05, 4.69) is 15.9 Å². The molecule has 24 heavy (non-hydrogen) atoms. The van der Waals surface area contributed by atoms with E-state index in [9.17, 15) is 19.2 Å². The van der Waals surface area contributed by atoms with Crippen LogP contribution in [0.3, 0.4) is 0 Å². The first kappa shape index (κ1) is 17.9. The SMILES string of the molecule is COC(=O)C1(CC(N)=O)C(=O)N(C)C(=O)c2cc(Br)c(OC)cc21. The van der Waals surface area contributed by atoms with Gasteiger partial charge in [-0.2, -0.15) is 0 Å². The van der Waals surface area contributed by atoms with Crippen LogP contribution in [0.1, 0.15) is 22.3 Å². The molecule has 3 amide bonds. The second-order valence-electron chi connectivity index (χ2n) is 5.24. The summed E-state index contributed by atoms with van der Waals surface area (Å²) in [7, 11) is 3.70. The van der Waals surface area contributed by atoms with Gasteiger partial charge in [0.1, 0.15) is 5.75 Å². The first-order valence-electron chi connectivity index (χ1n) is 6.78. The summed E-state index contributed by atoms with van der Waals surface area (Å²) in [6.45, 7) is 0. The average molecular weight is 399 g/mol. The molecule has 0 fully saturated rings. The average Bonchev–Trinajstić information content (AvgIpc) is 2.55. The minimum absolute atomic E-state index is 0.0290. The lowest BCUT2D eigenvalue weighted by molar-refractivity contribution is -0.157. The Labute approximate surface area is 146 Å². The Morgan fingerprint density at radius 3 is 2.42 bits per heavy atom. The Kier molecular flexibility index (Phi) is 4.66. The van der Waals surface area contributed by atoms with Gasteiger partial charge in [-0.3, -0.25) is 24.1 Å². The fraction of sp³-hybridized carbons (Fsp3) is 0.333. The van der Waals surface area contributed by atoms with Crippen molar-refractivity contribution in [3.05, 3.63) is 27.7 Å². The second-order valence-corrected chi connectivity index (χ2v) is 6.10. The van der Waals surface area contributed by atoms with Gasteiger partial charge in [0.2, 0.25) is 5.91 Å². The minimum atomic E-state index is -2.04. The molecule has 1 aromatic carbocycles. The van der Waals surface area contributed by atoms with Crippen molar-refractivity contribution in [1.29, 1.82) is 0 Å². The van der Waals surface area contributed by atoms with E-state index < -0.39 is 35.5 Å². The normalized spacial score (nSPS) is 19.8. The summed E-state index contributed by atoms with van der Waals surface area (Å²) >= 11 is 3.25. The Hall–Kier alpha value is -2.42. The summed E-state index contributed by atoms with van der Waals surface area (Å²) < 4.78 is 10.4. The predicted octanol–water partition coefficient (Wildman–Crippen LogP) is 0.356. The largest absolute Gasteiger partial charge is 0.496 e. The van der Waals surface area contributed by atoms with Gasteiger partial charge in [-0.25, -0.2) is 0 Å². The number of amides is 3. The molecule has 0 saturated heterocycles. The second kappa shape index (κ2) is 6.23. The van der Waals surface area contributed by atoms with Crippen LogP contribution in [0, 0.1) is 0 Å². The van der Waals surface area contributed by atoms with Crippen LogP contribution < -0.4 is 10.5 Å². The number of carbonyl (C=O) groups excluding carboxylic acids is 4. The highest BCUT2D eigenvalue weighted by Gasteiger charge is 2.57. The Morgan fingerprint density at radius 1 is 1.29 bits per heavy atom. The fourth-order valence-corrected chi connectivity index (χ4v) is 3.30. The summed E-state index contributed by atoms with van der Waals surface area (Å²) in [6.07, 6.45) is -0.631. The number of ether oxygens (including phenoxy) is 2. The van der Waals surface area contributed by atoms with Crippen LogP contribution >= 0.6 is 15.9 Å². The molecule has 0 bridgehead atoms. The van der Waals surface area contributed by atoms with E-state index in [4.69, 9.17) is 15.2 Å². The zero-order valence-corrected chi connectivity index (χ0v) is 14.8. The number of likely N-dealkylation sites (N-methyl/N-ethyl adjacent to an activating group) is 1. The maximum Gasteiger partial charge on any atom is 0.326 e. The molecule has 0 spiro atoms. The number of imide groups is 1. The van der Waals surface area contributed by atoms with Gasteiger partial charge < -0.3 is 15.2 Å². The number of methoxy groups -OCH3 is 2. The summed E-state index contributed by atoms with van der Waals surface area (Å²) in [4.78, 5) is 50.1. The molecule has 9 heteroatoms. The molecule has 1 heterocycles. The van der Waals surface area contributed by atoms with Crippen LogP contribution in [0.25, 0.3) is 0 Å². The first-order chi connectivity index (χ1) is 11.2. The summed E-state index contributed by atoms with van der Waals surface area (Å²) in [6, 6.07) is 2.79. The van der Waals surface area contributed by atoms with Crippen molar-refractivity contribution in [3.8, 4) is 5.75 Å². The number of halogens is 1. The van der Waals surface area contributed by atoms with Crippen molar-refractivity contribution in [1.82, 2.24) is 4.90 Å². The third-order valence-corrected chi connectivity index (χ3v) is 4.55. The van der Waals surface area contributed by atoms with Gasteiger partial charge in [0.25, 0.3) is 11.8 Å². The van der Waals surface area contributed by atoms with Crippen molar-refractivity contribution in [2.24, 2.45) is 5.73 Å². The van der Waals surface area contributed by atoms with Crippen molar-refractivity contribution in [2.45, 2.75) is 11.8 Å². The van der Waals surface area contributed by atoms with Gasteiger partial charge in [0.15, 0.2) is 5.41 Å². The summed E-state index contributed by atoms with van der Waals surface area (Å²) in [5, 5.41) is 0. The molecule has 1 aliphatic heterocycles. The van der Waals surface area contributed by atoms with Crippen molar-refractivity contribution < 1.29 is 28.7 Å². The van der Waals surface area contributed by atoms with Crippen LogP contribution in [0.5, 0.6) is 5.75 Å². The smallest absolute Gasteiger partial charge is 0.326 e. The number of hydrogen-bond donors (Lipinski definition) is 1. The molecule has 0 radical (unpaired) electrons. The number of benzene rings is 1. The molecular weight excluding hydrogens is 384 g/mol. The van der Waals surface area contributed by atoms with E-state index >= 15 is 0 Å². The van der Waals surface area contributed by atoms with Gasteiger partial charge in [-0.1, -0.05) is 0 Å². The van der Waals surface area contributed by atoms with E-state index in [1.807, 2.05) is 0 Å². The monoisotopic (exact) mass is 398 g/mol. The van der Waals surface area contributed by atoms with Crippen LogP contribution in [0.2, 0.25) is 0 Å². The lowest BCUT2D eigenvalue weighted by Crippen LogP contribution is -2.58. The number of fused-ring (bicyclic) bond motifs is 1. The number of nitrogens with zero attached hydrogens (tertiary/aromatic N) is 1. The van der Waals surface area contributed by atoms with E-state index in [-0.39, 0.29) is 16.9 Å². The molecule has 0 saturated carbocycles. The molecular formula is C15H15BrN2O6. The lowest BCUT2D eigenvalue weighted by atomic mass is 9.71. The van der Waals surface area contributed by atoms with Gasteiger partial charge in [-0.15, -0.1) is 0 Å². The number of nitrogens with two attached hydrogens (primary N) is 1. The van der Waals surface area contributed by atoms with Crippen LogP contribution in [-0.4, -0.2) is 49.9 Å². The van der Waals surface area contributed by atoms with Crippen molar-refractivity contribution in [3.63, 3.8) is 0 Å². The zero-order chi connectivity index (χ0) is 18.2. The highest BCUT2D eigenvalue weighted by atomic mass is 79.9. The standard InChI is InChI=1S/C15H15BrN2O6/c1-18-12(20)7-4-9(16)10(23-2)5-8(7)15(13(18)21,6-11(17)19)14(22)24-3/h4-5H,6H2,1-3H3,(H2,17,19). The topological polar surface area (TPSA) is 116 Å². The lowest BCUT2D eigenvalue weighted by Gasteiger charge is -2.38. The summed E-state index contributed by atoms with van der Waals surface area (Å²) in [5.41, 5.74) is 3.33. The Balaban J connectivity index is 2.91. The maximum absolute atomic E-state index is 12.8. The molecule has 2 N–H and O–H groups in total. The quantitative estimate of drug-likeness (QED) is 0.444. The minimum Gasteiger partial charge on any atom is -0.496 e. The van der Waals surface area contributed by atoms with Crippen molar-refractivity contribution >= 4 is 39.6 Å². The highest BCUT2D eigenvalue weighted by molar-refractivity contribution is 9.10. The van der Waals surface area contributed by atoms with E-state index in [0.29, 0.717) is 4.47 Å². The Bertz CT molecular complexity index is 763. The van der Waals surface area contributed by atoms with Gasteiger partial charge in [0, 0.05) is 12.6 Å². The van der Waals surface area contributed by atoms with E-state index in [1.165, 1.54) is 26.3 Å². The van der Waals surface area contributed by atoms with E-state index in [1.54, 1.807) is 0 Å². The number of carbonyl (C=O) groups is 4. The van der Waals surface area contributed by atoms with Gasteiger partial charge in [-0.05, 0) is 33.6 Å². The Morgan fingerprint density at radius 2 is 1.92 bits per heavy atom. The number of esters is 1. The number of rotatable bonds is 4. The first-order valence-corrected chi connectivity index (χ1v) is 7.57. The fourth-order valence-electron chi connectivity index (χ4n) is 2.79. The highest BCUT2D eigenvalue weighted by Crippen LogP contribution is 2.42. The third-order valence-electron chi connectivity index (χ3n) is 3.93. The molecule has 1 atom stereocenters. The predicted molar refractivity (Wildman–Crippen MR) is 85.3 cm³/mol. The van der Waals surface area contributed by atoms with Crippen LogP contribution in [-0.2, 0) is 24.5 Å². The molecule has 0 aliphatic carbocycles. The number of primary amides is 1. The molecule has 8 nitrogen and oxygen atoms in total. The maximum atomic E-state index is 12.8. The third kappa shape index (κ3) is 2.44.